The molecule has 25 heavy (non-hydrogen) atoms. The molecule has 2 atom stereocenters. The molecule has 2 aromatic rings. The van der Waals surface area contributed by atoms with Gasteiger partial charge in [-0.2, -0.15) is 0 Å². The van der Waals surface area contributed by atoms with Gasteiger partial charge < -0.3 is 14.4 Å². The van der Waals surface area contributed by atoms with Crippen LogP contribution in [0.2, 0.25) is 0 Å². The van der Waals surface area contributed by atoms with E-state index in [0.29, 0.717) is 30.4 Å². The van der Waals surface area contributed by atoms with Gasteiger partial charge in [0.15, 0.2) is 0 Å². The van der Waals surface area contributed by atoms with Crippen molar-refractivity contribution in [3.05, 3.63) is 50.9 Å². The highest BCUT2D eigenvalue weighted by Crippen LogP contribution is 2.35. The standard InChI is InChI=1S/C18H22N4O2S/c1-20(2)10-13-3-4-15-14-7-12(9-22(15)17(13)23)8-21(11-14)18(24)16-5-6-19-25-16/h3-6,12,14H,7-11H2,1-2H3/t12-,14+/m0/s1. The van der Waals surface area contributed by atoms with Gasteiger partial charge in [-0.3, -0.25) is 9.59 Å². The van der Waals surface area contributed by atoms with Crippen LogP contribution in [-0.2, 0) is 13.1 Å². The summed E-state index contributed by atoms with van der Waals surface area (Å²) in [5, 5.41) is 0. The van der Waals surface area contributed by atoms with Crippen molar-refractivity contribution in [2.24, 2.45) is 5.92 Å². The Morgan fingerprint density at radius 2 is 2.12 bits per heavy atom. The molecule has 2 aliphatic rings. The molecule has 0 N–H and O–H groups in total. The second-order valence-corrected chi connectivity index (χ2v) is 8.16. The highest BCUT2D eigenvalue weighted by Gasteiger charge is 2.37. The van der Waals surface area contributed by atoms with E-state index < -0.39 is 0 Å². The number of aromatic nitrogens is 2. The average Bonchev–Trinajstić information content (AvgIpc) is 3.11. The van der Waals surface area contributed by atoms with Crippen LogP contribution in [0.15, 0.2) is 29.2 Å². The third kappa shape index (κ3) is 3.02. The van der Waals surface area contributed by atoms with E-state index in [2.05, 4.69) is 10.4 Å². The van der Waals surface area contributed by atoms with Gasteiger partial charge in [0.05, 0.1) is 0 Å². The highest BCUT2D eigenvalue weighted by atomic mass is 32.1. The summed E-state index contributed by atoms with van der Waals surface area (Å²) in [5.74, 6) is 0.651. The first-order chi connectivity index (χ1) is 12.0. The van der Waals surface area contributed by atoms with Crippen LogP contribution in [0.4, 0.5) is 0 Å². The first-order valence-electron chi connectivity index (χ1n) is 8.60. The lowest BCUT2D eigenvalue weighted by Gasteiger charge is -2.42. The summed E-state index contributed by atoms with van der Waals surface area (Å²) < 4.78 is 5.99. The molecule has 0 unspecified atom stereocenters. The van der Waals surface area contributed by atoms with Crippen molar-refractivity contribution < 1.29 is 4.79 Å². The van der Waals surface area contributed by atoms with E-state index >= 15 is 0 Å². The first-order valence-corrected chi connectivity index (χ1v) is 9.37. The van der Waals surface area contributed by atoms with Gasteiger partial charge >= 0.3 is 0 Å². The molecule has 0 spiro atoms. The minimum absolute atomic E-state index is 0.0669. The lowest BCUT2D eigenvalue weighted by molar-refractivity contribution is 0.0599. The van der Waals surface area contributed by atoms with Gasteiger partial charge in [-0.05, 0) is 50.1 Å². The summed E-state index contributed by atoms with van der Waals surface area (Å²) in [7, 11) is 3.95. The summed E-state index contributed by atoms with van der Waals surface area (Å²) >= 11 is 1.25. The van der Waals surface area contributed by atoms with E-state index in [1.807, 2.05) is 34.5 Å². The fraction of sp³-hybridized carbons (Fsp3) is 0.500. The molecule has 0 saturated carbocycles. The van der Waals surface area contributed by atoms with Crippen molar-refractivity contribution in [3.63, 3.8) is 0 Å². The van der Waals surface area contributed by atoms with Crippen molar-refractivity contribution in [3.8, 4) is 0 Å². The number of piperidine rings is 1. The molecular formula is C18H22N4O2S. The zero-order chi connectivity index (χ0) is 17.6. The van der Waals surface area contributed by atoms with E-state index in [4.69, 9.17) is 0 Å². The van der Waals surface area contributed by atoms with E-state index in [1.165, 1.54) is 11.5 Å². The molecule has 1 amide bonds. The highest BCUT2D eigenvalue weighted by molar-refractivity contribution is 7.08. The van der Waals surface area contributed by atoms with Crippen LogP contribution in [-0.4, -0.2) is 51.8 Å². The van der Waals surface area contributed by atoms with E-state index in [-0.39, 0.29) is 17.4 Å². The lowest BCUT2D eigenvalue weighted by atomic mass is 9.83. The normalized spacial score (nSPS) is 22.1. The fourth-order valence-electron chi connectivity index (χ4n) is 4.10. The Labute approximate surface area is 150 Å². The molecule has 0 radical (unpaired) electrons. The molecule has 132 valence electrons. The molecule has 2 aromatic heterocycles. The second-order valence-electron chi connectivity index (χ2n) is 7.32. The van der Waals surface area contributed by atoms with Crippen LogP contribution in [0.5, 0.6) is 0 Å². The van der Waals surface area contributed by atoms with Gasteiger partial charge in [-0.25, -0.2) is 4.37 Å². The number of pyridine rings is 1. The number of fused-ring (bicyclic) bond motifs is 4. The number of amides is 1. The maximum absolute atomic E-state index is 12.8. The molecule has 4 heterocycles. The molecule has 2 aliphatic heterocycles. The molecule has 6 nitrogen and oxygen atoms in total. The predicted octanol–water partition coefficient (Wildman–Crippen LogP) is 1.63. The summed E-state index contributed by atoms with van der Waals surface area (Å²) in [6, 6.07) is 5.82. The quantitative estimate of drug-likeness (QED) is 0.837. The Morgan fingerprint density at radius 3 is 2.84 bits per heavy atom. The monoisotopic (exact) mass is 358 g/mol. The molecular weight excluding hydrogens is 336 g/mol. The summed E-state index contributed by atoms with van der Waals surface area (Å²) in [4.78, 5) is 30.1. The number of rotatable bonds is 3. The van der Waals surface area contributed by atoms with Crippen LogP contribution in [0.1, 0.15) is 33.3 Å². The second kappa shape index (κ2) is 6.38. The molecule has 1 fully saturated rings. The van der Waals surface area contributed by atoms with Gasteiger partial charge in [0.1, 0.15) is 4.88 Å². The Morgan fingerprint density at radius 1 is 1.28 bits per heavy atom. The van der Waals surface area contributed by atoms with E-state index in [0.717, 1.165) is 24.2 Å². The van der Waals surface area contributed by atoms with Crippen molar-refractivity contribution in [1.82, 2.24) is 18.7 Å². The molecule has 0 aliphatic carbocycles. The molecule has 2 bridgehead atoms. The fourth-order valence-corrected chi connectivity index (χ4v) is 4.66. The predicted molar refractivity (Wildman–Crippen MR) is 97.0 cm³/mol. The Hall–Kier alpha value is -1.99. The summed E-state index contributed by atoms with van der Waals surface area (Å²) in [6.45, 7) is 2.76. The topological polar surface area (TPSA) is 58.4 Å². The van der Waals surface area contributed by atoms with Gasteiger partial charge in [0, 0.05) is 49.6 Å². The van der Waals surface area contributed by atoms with Crippen molar-refractivity contribution in [2.45, 2.75) is 25.4 Å². The number of nitrogens with zero attached hydrogens (tertiary/aromatic N) is 4. The third-order valence-corrected chi connectivity index (χ3v) is 5.84. The number of hydrogen-bond acceptors (Lipinski definition) is 5. The van der Waals surface area contributed by atoms with Crippen LogP contribution >= 0.6 is 11.5 Å². The number of hydrogen-bond donors (Lipinski definition) is 0. The van der Waals surface area contributed by atoms with Gasteiger partial charge in [-0.1, -0.05) is 6.07 Å². The lowest BCUT2D eigenvalue weighted by Crippen LogP contribution is -2.49. The first kappa shape index (κ1) is 16.5. The minimum atomic E-state index is 0.0669. The molecule has 7 heteroatoms. The smallest absolute Gasteiger partial charge is 0.265 e. The van der Waals surface area contributed by atoms with Crippen LogP contribution < -0.4 is 5.56 Å². The van der Waals surface area contributed by atoms with Crippen molar-refractivity contribution in [2.75, 3.05) is 27.2 Å². The number of likely N-dealkylation sites (tertiary alicyclic amines) is 1. The van der Waals surface area contributed by atoms with Crippen LogP contribution in [0, 0.1) is 5.92 Å². The van der Waals surface area contributed by atoms with E-state index in [9.17, 15) is 9.59 Å². The average molecular weight is 358 g/mol. The maximum Gasteiger partial charge on any atom is 0.265 e. The molecule has 0 aromatic carbocycles. The number of carbonyl (C=O) groups excluding carboxylic acids is 1. The van der Waals surface area contributed by atoms with Crippen LogP contribution in [0.25, 0.3) is 0 Å². The van der Waals surface area contributed by atoms with E-state index in [1.54, 1.807) is 12.3 Å². The minimum Gasteiger partial charge on any atom is -0.337 e. The van der Waals surface area contributed by atoms with Crippen molar-refractivity contribution >= 4 is 17.4 Å². The Bertz CT molecular complexity index is 843. The maximum atomic E-state index is 12.8. The summed E-state index contributed by atoms with van der Waals surface area (Å²) in [6.07, 6.45) is 2.72. The van der Waals surface area contributed by atoms with Gasteiger partial charge in [0.25, 0.3) is 11.5 Å². The van der Waals surface area contributed by atoms with Crippen molar-refractivity contribution in [1.29, 1.82) is 0 Å². The Kier molecular flexibility index (Phi) is 4.21. The largest absolute Gasteiger partial charge is 0.337 e. The number of carbonyl (C=O) groups is 1. The van der Waals surface area contributed by atoms with Crippen LogP contribution in [0.3, 0.4) is 0 Å². The van der Waals surface area contributed by atoms with Gasteiger partial charge in [0.2, 0.25) is 0 Å². The summed E-state index contributed by atoms with van der Waals surface area (Å²) in [5.41, 5.74) is 2.04. The molecule has 1 saturated heterocycles. The SMILES string of the molecule is CN(C)Cc1ccc2n(c1=O)C[C@H]1C[C@@H]2CN(C(=O)c2ccns2)C1. The zero-order valence-corrected chi connectivity index (χ0v) is 15.3. The Balaban J connectivity index is 1.62. The third-order valence-electron chi connectivity index (χ3n) is 5.11. The van der Waals surface area contributed by atoms with Gasteiger partial charge in [-0.15, -0.1) is 0 Å². The molecule has 4 rings (SSSR count). The zero-order valence-electron chi connectivity index (χ0n) is 14.5.